The molecule has 140 valence electrons. The second-order valence-electron chi connectivity index (χ2n) is 7.15. The number of hydrogen-bond acceptors (Lipinski definition) is 3. The third-order valence-corrected chi connectivity index (χ3v) is 5.11. The van der Waals surface area contributed by atoms with Gasteiger partial charge in [-0.1, -0.05) is 30.3 Å². The van der Waals surface area contributed by atoms with E-state index in [1.54, 1.807) is 0 Å². The fourth-order valence-corrected chi connectivity index (χ4v) is 3.66. The lowest BCUT2D eigenvalue weighted by molar-refractivity contribution is 0.392. The average molecular weight is 466 g/mol. The predicted octanol–water partition coefficient (Wildman–Crippen LogP) is 2.32. The molecule has 0 bridgehead atoms. The van der Waals surface area contributed by atoms with Crippen LogP contribution in [0.5, 0.6) is 0 Å². The van der Waals surface area contributed by atoms with Crippen molar-refractivity contribution in [1.82, 2.24) is 25.4 Å². The highest BCUT2D eigenvalue weighted by Gasteiger charge is 2.37. The van der Waals surface area contributed by atoms with Gasteiger partial charge in [0, 0.05) is 25.6 Å². The summed E-state index contributed by atoms with van der Waals surface area (Å²) in [4.78, 5) is 8.89. The first-order chi connectivity index (χ1) is 12.2. The maximum Gasteiger partial charge on any atom is 0.191 e. The number of aromatic nitrogens is 3. The van der Waals surface area contributed by atoms with E-state index in [1.807, 2.05) is 18.7 Å². The Morgan fingerprint density at radius 3 is 2.85 bits per heavy atom. The highest BCUT2D eigenvalue weighted by atomic mass is 127. The van der Waals surface area contributed by atoms with Crippen molar-refractivity contribution < 1.29 is 0 Å². The van der Waals surface area contributed by atoms with E-state index in [2.05, 4.69) is 56.0 Å². The summed E-state index contributed by atoms with van der Waals surface area (Å²) in [6, 6.07) is 11.6. The first-order valence-electron chi connectivity index (χ1n) is 9.15. The Bertz CT molecular complexity index is 757. The molecule has 1 aliphatic carbocycles. The smallest absolute Gasteiger partial charge is 0.191 e. The standard InChI is InChI=1S/C19H26N6.HI/c1-13-21-18-9-8-16(12-25(18)24-13)22-19(20-2)23-17-11-15(17)10-14-6-4-3-5-7-14;/h3-7,15-17H,8-12H2,1-2H3,(H2,20,22,23);1H. The molecule has 4 rings (SSSR count). The van der Waals surface area contributed by atoms with E-state index in [-0.39, 0.29) is 24.0 Å². The minimum Gasteiger partial charge on any atom is -0.353 e. The van der Waals surface area contributed by atoms with Gasteiger partial charge in [-0.3, -0.25) is 4.99 Å². The largest absolute Gasteiger partial charge is 0.353 e. The van der Waals surface area contributed by atoms with Gasteiger partial charge in [0.1, 0.15) is 11.6 Å². The van der Waals surface area contributed by atoms with E-state index in [0.29, 0.717) is 18.0 Å². The van der Waals surface area contributed by atoms with Crippen LogP contribution in [-0.2, 0) is 19.4 Å². The fourth-order valence-electron chi connectivity index (χ4n) is 3.66. The van der Waals surface area contributed by atoms with Crippen LogP contribution in [0.4, 0.5) is 0 Å². The van der Waals surface area contributed by atoms with Gasteiger partial charge in [0.05, 0.1) is 6.54 Å². The van der Waals surface area contributed by atoms with Gasteiger partial charge < -0.3 is 10.6 Å². The lowest BCUT2D eigenvalue weighted by atomic mass is 10.1. The zero-order chi connectivity index (χ0) is 17.2. The second-order valence-corrected chi connectivity index (χ2v) is 7.15. The highest BCUT2D eigenvalue weighted by Crippen LogP contribution is 2.33. The van der Waals surface area contributed by atoms with Crippen LogP contribution in [0.1, 0.15) is 30.1 Å². The lowest BCUT2D eigenvalue weighted by Gasteiger charge is -2.25. The van der Waals surface area contributed by atoms with Crippen molar-refractivity contribution in [2.75, 3.05) is 7.05 Å². The Hall–Kier alpha value is -1.64. The summed E-state index contributed by atoms with van der Waals surface area (Å²) < 4.78 is 2.03. The fraction of sp³-hybridized carbons (Fsp3) is 0.526. The van der Waals surface area contributed by atoms with Crippen molar-refractivity contribution in [3.63, 3.8) is 0 Å². The van der Waals surface area contributed by atoms with E-state index < -0.39 is 0 Å². The van der Waals surface area contributed by atoms with Crippen molar-refractivity contribution >= 4 is 29.9 Å². The van der Waals surface area contributed by atoms with E-state index in [1.165, 1.54) is 12.0 Å². The quantitative estimate of drug-likeness (QED) is 0.413. The van der Waals surface area contributed by atoms with Crippen molar-refractivity contribution in [3.8, 4) is 0 Å². The van der Waals surface area contributed by atoms with Gasteiger partial charge in [-0.15, -0.1) is 24.0 Å². The van der Waals surface area contributed by atoms with Gasteiger partial charge in [0.2, 0.25) is 0 Å². The maximum absolute atomic E-state index is 4.47. The number of guanidine groups is 1. The minimum absolute atomic E-state index is 0. The summed E-state index contributed by atoms with van der Waals surface area (Å²) >= 11 is 0. The monoisotopic (exact) mass is 466 g/mol. The molecule has 2 heterocycles. The third-order valence-electron chi connectivity index (χ3n) is 5.11. The van der Waals surface area contributed by atoms with Gasteiger partial charge in [0.25, 0.3) is 0 Å². The molecule has 0 spiro atoms. The topological polar surface area (TPSA) is 67.1 Å². The number of aliphatic imine (C=N–C) groups is 1. The normalized spacial score (nSPS) is 24.4. The molecule has 2 aromatic rings. The molecule has 0 amide bonds. The second kappa shape index (κ2) is 8.37. The van der Waals surface area contributed by atoms with Crippen LogP contribution in [-0.4, -0.2) is 39.9 Å². The molecule has 3 unspecified atom stereocenters. The number of fused-ring (bicyclic) bond motifs is 1. The molecule has 6 nitrogen and oxygen atoms in total. The third kappa shape index (κ3) is 4.55. The zero-order valence-corrected chi connectivity index (χ0v) is 17.7. The number of halogens is 1. The molecule has 1 saturated carbocycles. The summed E-state index contributed by atoms with van der Waals surface area (Å²) in [6.45, 7) is 2.81. The average Bonchev–Trinajstić information content (AvgIpc) is 3.22. The lowest BCUT2D eigenvalue weighted by Crippen LogP contribution is -2.48. The first-order valence-corrected chi connectivity index (χ1v) is 9.15. The van der Waals surface area contributed by atoms with E-state index in [4.69, 9.17) is 0 Å². The Kier molecular flexibility index (Phi) is 6.16. The SMILES string of the molecule is CN=C(NC1CCc2nc(C)nn2C1)NC1CC1Cc1ccccc1.I. The van der Waals surface area contributed by atoms with Gasteiger partial charge in [-0.25, -0.2) is 9.67 Å². The predicted molar refractivity (Wildman–Crippen MR) is 114 cm³/mol. The molecule has 1 fully saturated rings. The molecule has 2 aliphatic rings. The molecule has 7 heteroatoms. The highest BCUT2D eigenvalue weighted by molar-refractivity contribution is 14.0. The van der Waals surface area contributed by atoms with Crippen molar-refractivity contribution in [1.29, 1.82) is 0 Å². The Balaban J connectivity index is 0.00000196. The van der Waals surface area contributed by atoms with Crippen LogP contribution in [0.25, 0.3) is 0 Å². The number of hydrogen-bond donors (Lipinski definition) is 2. The van der Waals surface area contributed by atoms with E-state index in [0.717, 1.165) is 43.4 Å². The minimum atomic E-state index is 0. The van der Waals surface area contributed by atoms with Crippen LogP contribution in [0.3, 0.4) is 0 Å². The van der Waals surface area contributed by atoms with Gasteiger partial charge in [-0.2, -0.15) is 5.10 Å². The van der Waals surface area contributed by atoms with Gasteiger partial charge in [-0.05, 0) is 37.7 Å². The molecule has 3 atom stereocenters. The van der Waals surface area contributed by atoms with Crippen molar-refractivity contribution in [2.45, 2.75) is 51.2 Å². The maximum atomic E-state index is 4.47. The van der Waals surface area contributed by atoms with E-state index >= 15 is 0 Å². The van der Waals surface area contributed by atoms with Crippen LogP contribution in [0.2, 0.25) is 0 Å². The molecular weight excluding hydrogens is 439 g/mol. The Labute approximate surface area is 171 Å². The molecule has 26 heavy (non-hydrogen) atoms. The molecule has 2 N–H and O–H groups in total. The summed E-state index contributed by atoms with van der Waals surface area (Å²) in [6.07, 6.45) is 4.39. The zero-order valence-electron chi connectivity index (χ0n) is 15.4. The number of rotatable bonds is 4. The molecule has 0 saturated heterocycles. The number of benzene rings is 1. The Morgan fingerprint density at radius 2 is 2.08 bits per heavy atom. The molecule has 1 aliphatic heterocycles. The summed E-state index contributed by atoms with van der Waals surface area (Å²) in [5.41, 5.74) is 1.42. The van der Waals surface area contributed by atoms with Crippen LogP contribution < -0.4 is 10.6 Å². The number of nitrogens with one attached hydrogen (secondary N) is 2. The van der Waals surface area contributed by atoms with Crippen LogP contribution in [0.15, 0.2) is 35.3 Å². The van der Waals surface area contributed by atoms with Crippen molar-refractivity contribution in [2.24, 2.45) is 10.9 Å². The van der Waals surface area contributed by atoms with Crippen molar-refractivity contribution in [3.05, 3.63) is 47.5 Å². The first kappa shape index (κ1) is 19.1. The summed E-state index contributed by atoms with van der Waals surface area (Å²) in [5.74, 6) is 3.58. The summed E-state index contributed by atoms with van der Waals surface area (Å²) in [7, 11) is 1.85. The van der Waals surface area contributed by atoms with Gasteiger partial charge in [0.15, 0.2) is 5.96 Å². The molecular formula is C19H27IN6. The number of aryl methyl sites for hydroxylation is 2. The number of nitrogens with zero attached hydrogens (tertiary/aromatic N) is 4. The van der Waals surface area contributed by atoms with Gasteiger partial charge >= 0.3 is 0 Å². The molecule has 1 aromatic heterocycles. The van der Waals surface area contributed by atoms with Crippen LogP contribution in [0, 0.1) is 12.8 Å². The van der Waals surface area contributed by atoms with E-state index in [9.17, 15) is 0 Å². The molecule has 1 aromatic carbocycles. The Morgan fingerprint density at radius 1 is 1.27 bits per heavy atom. The summed E-state index contributed by atoms with van der Waals surface area (Å²) in [5, 5.41) is 11.6. The van der Waals surface area contributed by atoms with Crippen LogP contribution >= 0.6 is 24.0 Å². The molecule has 0 radical (unpaired) electrons.